The predicted octanol–water partition coefficient (Wildman–Crippen LogP) is 1.44. The van der Waals surface area contributed by atoms with Gasteiger partial charge in [0.2, 0.25) is 11.8 Å². The summed E-state index contributed by atoms with van der Waals surface area (Å²) in [6.07, 6.45) is 5.30. The van der Waals surface area contributed by atoms with Crippen LogP contribution in [0.5, 0.6) is 5.88 Å². The summed E-state index contributed by atoms with van der Waals surface area (Å²) in [5.74, 6) is 2.11. The Balaban J connectivity index is 2.03. The highest BCUT2D eigenvalue weighted by molar-refractivity contribution is 5.32. The molecule has 1 aliphatic heterocycles. The number of hydrogen-bond donors (Lipinski definition) is 1. The summed E-state index contributed by atoms with van der Waals surface area (Å²) < 4.78 is 5.41. The molecule has 2 N–H and O–H groups in total. The number of rotatable bonds is 5. The van der Waals surface area contributed by atoms with Gasteiger partial charge in [0.05, 0.1) is 6.61 Å². The predicted molar refractivity (Wildman–Crippen MR) is 71.8 cm³/mol. The van der Waals surface area contributed by atoms with Crippen molar-refractivity contribution < 1.29 is 4.74 Å². The number of hydrogen-bond acceptors (Lipinski definition) is 5. The first kappa shape index (κ1) is 13.1. The second-order valence-corrected chi connectivity index (χ2v) is 4.66. The highest BCUT2D eigenvalue weighted by Crippen LogP contribution is 2.23. The Labute approximate surface area is 108 Å². The second-order valence-electron chi connectivity index (χ2n) is 4.66. The molecule has 1 fully saturated rings. The molecule has 1 aromatic rings. The molecular weight excluding hydrogens is 228 g/mol. The van der Waals surface area contributed by atoms with Gasteiger partial charge in [-0.05, 0) is 38.6 Å². The minimum absolute atomic E-state index is 0.631. The third-order valence-electron chi connectivity index (χ3n) is 3.29. The van der Waals surface area contributed by atoms with E-state index in [0.717, 1.165) is 32.0 Å². The van der Waals surface area contributed by atoms with Crippen LogP contribution in [-0.2, 0) is 0 Å². The molecule has 5 heteroatoms. The lowest BCUT2D eigenvalue weighted by Gasteiger charge is -2.32. The van der Waals surface area contributed by atoms with Crippen molar-refractivity contribution in [1.29, 1.82) is 0 Å². The molecule has 0 saturated carbocycles. The molecule has 1 unspecified atom stereocenters. The smallest absolute Gasteiger partial charge is 0.228 e. The maximum absolute atomic E-state index is 5.64. The maximum atomic E-state index is 5.64. The Morgan fingerprint density at radius 2 is 2.44 bits per heavy atom. The van der Waals surface area contributed by atoms with Crippen LogP contribution in [-0.4, -0.2) is 36.2 Å². The van der Waals surface area contributed by atoms with Gasteiger partial charge in [-0.25, -0.2) is 4.98 Å². The van der Waals surface area contributed by atoms with Crippen LogP contribution < -0.4 is 15.4 Å². The third-order valence-corrected chi connectivity index (χ3v) is 3.29. The minimum Gasteiger partial charge on any atom is -0.478 e. The lowest BCUT2D eigenvalue weighted by molar-refractivity contribution is 0.325. The quantitative estimate of drug-likeness (QED) is 0.856. The zero-order valence-electron chi connectivity index (χ0n) is 11.0. The standard InChI is InChI=1S/C13H22N4O/c1-2-18-12-6-8-15-13(16-12)17-9-3-4-11(10-17)5-7-14/h6,8,11H,2-5,7,9-10,14H2,1H3. The topological polar surface area (TPSA) is 64.3 Å². The largest absolute Gasteiger partial charge is 0.478 e. The summed E-state index contributed by atoms with van der Waals surface area (Å²) in [4.78, 5) is 11.0. The highest BCUT2D eigenvalue weighted by Gasteiger charge is 2.21. The molecule has 0 aliphatic carbocycles. The van der Waals surface area contributed by atoms with E-state index in [-0.39, 0.29) is 0 Å². The van der Waals surface area contributed by atoms with Crippen LogP contribution in [0.4, 0.5) is 5.95 Å². The summed E-state index contributed by atoms with van der Waals surface area (Å²) >= 11 is 0. The first-order chi connectivity index (χ1) is 8.83. The lowest BCUT2D eigenvalue weighted by Crippen LogP contribution is -2.37. The molecule has 0 aromatic carbocycles. The van der Waals surface area contributed by atoms with Gasteiger partial charge < -0.3 is 15.4 Å². The van der Waals surface area contributed by atoms with Gasteiger partial charge >= 0.3 is 0 Å². The Morgan fingerprint density at radius 1 is 1.56 bits per heavy atom. The van der Waals surface area contributed by atoms with Crippen molar-refractivity contribution in [3.05, 3.63) is 12.3 Å². The van der Waals surface area contributed by atoms with Crippen molar-refractivity contribution in [2.45, 2.75) is 26.2 Å². The molecule has 0 spiro atoms. The zero-order valence-corrected chi connectivity index (χ0v) is 11.0. The molecule has 1 saturated heterocycles. The normalized spacial score (nSPS) is 19.9. The monoisotopic (exact) mass is 250 g/mol. The molecule has 0 radical (unpaired) electrons. The fourth-order valence-corrected chi connectivity index (χ4v) is 2.43. The summed E-state index contributed by atoms with van der Waals surface area (Å²) in [5, 5.41) is 0. The van der Waals surface area contributed by atoms with E-state index in [1.165, 1.54) is 12.8 Å². The summed E-state index contributed by atoms with van der Waals surface area (Å²) in [6, 6.07) is 1.80. The van der Waals surface area contributed by atoms with Gasteiger partial charge in [-0.15, -0.1) is 0 Å². The van der Waals surface area contributed by atoms with Gasteiger partial charge in [-0.1, -0.05) is 0 Å². The zero-order chi connectivity index (χ0) is 12.8. The van der Waals surface area contributed by atoms with Crippen molar-refractivity contribution >= 4 is 5.95 Å². The summed E-state index contributed by atoms with van der Waals surface area (Å²) in [5.41, 5.74) is 5.64. The molecular formula is C13H22N4O. The number of aromatic nitrogens is 2. The van der Waals surface area contributed by atoms with Gasteiger partial charge in [0, 0.05) is 25.4 Å². The van der Waals surface area contributed by atoms with Crippen molar-refractivity contribution in [2.24, 2.45) is 11.7 Å². The van der Waals surface area contributed by atoms with Crippen LogP contribution in [0.1, 0.15) is 26.2 Å². The van der Waals surface area contributed by atoms with E-state index in [4.69, 9.17) is 10.5 Å². The molecule has 0 bridgehead atoms. The molecule has 100 valence electrons. The van der Waals surface area contributed by atoms with E-state index in [9.17, 15) is 0 Å². The first-order valence-electron chi connectivity index (χ1n) is 6.74. The van der Waals surface area contributed by atoms with Gasteiger partial charge in [-0.3, -0.25) is 0 Å². The number of anilines is 1. The summed E-state index contributed by atoms with van der Waals surface area (Å²) in [6.45, 7) is 5.38. The van der Waals surface area contributed by atoms with E-state index >= 15 is 0 Å². The van der Waals surface area contributed by atoms with E-state index in [1.807, 2.05) is 6.92 Å². The van der Waals surface area contributed by atoms with Gasteiger partial charge in [0.1, 0.15) is 0 Å². The average molecular weight is 250 g/mol. The van der Waals surface area contributed by atoms with Crippen molar-refractivity contribution in [2.75, 3.05) is 31.1 Å². The van der Waals surface area contributed by atoms with Gasteiger partial charge in [-0.2, -0.15) is 4.98 Å². The molecule has 2 heterocycles. The van der Waals surface area contributed by atoms with Crippen LogP contribution >= 0.6 is 0 Å². The fraction of sp³-hybridized carbons (Fsp3) is 0.692. The first-order valence-corrected chi connectivity index (χ1v) is 6.74. The SMILES string of the molecule is CCOc1ccnc(N2CCCC(CCN)C2)n1. The van der Waals surface area contributed by atoms with E-state index in [1.54, 1.807) is 12.3 Å². The molecule has 1 aromatic heterocycles. The number of nitrogens with zero attached hydrogens (tertiary/aromatic N) is 3. The number of piperidine rings is 1. The maximum Gasteiger partial charge on any atom is 0.228 e. The van der Waals surface area contributed by atoms with Crippen LogP contribution in [0.15, 0.2) is 12.3 Å². The molecule has 1 atom stereocenters. The molecule has 1 aliphatic rings. The molecule has 18 heavy (non-hydrogen) atoms. The van der Waals surface area contributed by atoms with Crippen molar-refractivity contribution in [3.8, 4) is 5.88 Å². The Hall–Kier alpha value is -1.36. The van der Waals surface area contributed by atoms with E-state index in [0.29, 0.717) is 18.4 Å². The van der Waals surface area contributed by atoms with Crippen LogP contribution in [0.2, 0.25) is 0 Å². The van der Waals surface area contributed by atoms with Gasteiger partial charge in [0.15, 0.2) is 0 Å². The van der Waals surface area contributed by atoms with Crippen LogP contribution in [0.25, 0.3) is 0 Å². The number of nitrogens with two attached hydrogens (primary N) is 1. The van der Waals surface area contributed by atoms with Crippen LogP contribution in [0, 0.1) is 5.92 Å². The Kier molecular flexibility index (Phi) is 4.75. The highest BCUT2D eigenvalue weighted by atomic mass is 16.5. The second kappa shape index (κ2) is 6.54. The molecule has 0 amide bonds. The van der Waals surface area contributed by atoms with Crippen molar-refractivity contribution in [1.82, 2.24) is 9.97 Å². The molecule has 2 rings (SSSR count). The van der Waals surface area contributed by atoms with Crippen LogP contribution in [0.3, 0.4) is 0 Å². The Morgan fingerprint density at radius 3 is 3.22 bits per heavy atom. The average Bonchev–Trinajstić information content (AvgIpc) is 2.40. The Bertz CT molecular complexity index is 370. The molecule has 5 nitrogen and oxygen atoms in total. The van der Waals surface area contributed by atoms with Gasteiger partial charge in [0.25, 0.3) is 0 Å². The van der Waals surface area contributed by atoms with E-state index < -0.39 is 0 Å². The van der Waals surface area contributed by atoms with Crippen molar-refractivity contribution in [3.63, 3.8) is 0 Å². The lowest BCUT2D eigenvalue weighted by atomic mass is 9.95. The minimum atomic E-state index is 0.631. The third kappa shape index (κ3) is 3.32. The fourth-order valence-electron chi connectivity index (χ4n) is 2.43. The number of ether oxygens (including phenoxy) is 1. The van der Waals surface area contributed by atoms with E-state index in [2.05, 4.69) is 14.9 Å². The summed E-state index contributed by atoms with van der Waals surface area (Å²) in [7, 11) is 0.